The maximum Gasteiger partial charge on any atom is 0.321 e. The standard InChI is InChI=1S/C27H37Br2ClN4O7S3/c1-41-15-10-22(27(35)36)32-43(37,38)23-17-33(26-20(28)6-3-11-31-26)12-9-19(23)5-2-4-18-7-13-34(14-8-18)44(39,40)24-16-21(29)25(30)42-24/h3,6,11,16,18-19,22-23,32H,2,4-5,7-10,12-15,17H2,1H3,(H,35,36). The fraction of sp³-hybridized carbons (Fsp3) is 0.630. The molecule has 4 heterocycles. The number of carboxylic acid groups (broad SMARTS) is 1. The van der Waals surface area contributed by atoms with Crippen LogP contribution in [-0.2, 0) is 29.6 Å². The Morgan fingerprint density at radius 2 is 1.91 bits per heavy atom. The lowest BCUT2D eigenvalue weighted by Gasteiger charge is -2.39. The first-order chi connectivity index (χ1) is 20.8. The Hall–Kier alpha value is -0.850. The Morgan fingerprint density at radius 1 is 1.18 bits per heavy atom. The van der Waals surface area contributed by atoms with Crippen molar-refractivity contribution in [2.24, 2.45) is 11.8 Å². The van der Waals surface area contributed by atoms with Gasteiger partial charge in [-0.1, -0.05) is 24.4 Å². The van der Waals surface area contributed by atoms with Crippen molar-refractivity contribution < 1.29 is 31.5 Å². The number of nitrogens with one attached hydrogen (secondary N) is 1. The number of carboxylic acids is 1. The average Bonchev–Trinajstić information content (AvgIpc) is 3.34. The van der Waals surface area contributed by atoms with E-state index in [-0.39, 0.29) is 29.7 Å². The molecule has 3 unspecified atom stereocenters. The van der Waals surface area contributed by atoms with Gasteiger partial charge >= 0.3 is 5.97 Å². The van der Waals surface area contributed by atoms with Gasteiger partial charge in [0.25, 0.3) is 10.0 Å². The fourth-order valence-corrected chi connectivity index (χ4v) is 12.3. The van der Waals surface area contributed by atoms with Gasteiger partial charge in [0.2, 0.25) is 10.0 Å². The van der Waals surface area contributed by atoms with E-state index in [1.54, 1.807) is 18.3 Å². The molecule has 2 aliphatic heterocycles. The van der Waals surface area contributed by atoms with Crippen molar-refractivity contribution in [2.75, 3.05) is 44.8 Å². The van der Waals surface area contributed by atoms with Gasteiger partial charge in [0.15, 0.2) is 0 Å². The summed E-state index contributed by atoms with van der Waals surface area (Å²) in [5, 5.41) is 8.83. The number of thiophene rings is 1. The third-order valence-corrected chi connectivity index (χ3v) is 15.7. The molecule has 0 spiro atoms. The summed E-state index contributed by atoms with van der Waals surface area (Å²) < 4.78 is 64.5. The predicted octanol–water partition coefficient (Wildman–Crippen LogP) is 5.20. The van der Waals surface area contributed by atoms with Gasteiger partial charge in [-0.2, -0.15) is 4.31 Å². The summed E-state index contributed by atoms with van der Waals surface area (Å²) in [5.74, 6) is -0.432. The lowest BCUT2D eigenvalue weighted by atomic mass is 9.87. The summed E-state index contributed by atoms with van der Waals surface area (Å²) >= 11 is 13.9. The van der Waals surface area contributed by atoms with Crippen LogP contribution in [0.1, 0.15) is 44.9 Å². The topological polar surface area (TPSA) is 146 Å². The second kappa shape index (κ2) is 15.8. The molecule has 2 saturated heterocycles. The van der Waals surface area contributed by atoms with E-state index in [2.05, 4.69) is 41.6 Å². The molecule has 0 bridgehead atoms. The molecular formula is C27H37Br2ClN4O7S3. The number of ether oxygens (including phenoxy) is 1. The Morgan fingerprint density at radius 3 is 2.52 bits per heavy atom. The number of methoxy groups -OCH3 is 1. The summed E-state index contributed by atoms with van der Waals surface area (Å²) in [5.41, 5.74) is 0. The molecule has 0 aliphatic carbocycles. The maximum absolute atomic E-state index is 13.7. The molecule has 2 aliphatic rings. The quantitative estimate of drug-likeness (QED) is 0.263. The van der Waals surface area contributed by atoms with Crippen LogP contribution in [0.15, 0.2) is 37.6 Å². The number of halogens is 3. The van der Waals surface area contributed by atoms with Crippen LogP contribution < -0.4 is 9.62 Å². The van der Waals surface area contributed by atoms with E-state index in [4.69, 9.17) is 16.3 Å². The third-order valence-electron chi connectivity index (χ3n) is 8.33. The zero-order chi connectivity index (χ0) is 32.1. The van der Waals surface area contributed by atoms with Crippen LogP contribution in [-0.4, -0.2) is 88.4 Å². The maximum atomic E-state index is 13.7. The Bertz CT molecular complexity index is 1480. The van der Waals surface area contributed by atoms with Gasteiger partial charge in [-0.15, -0.1) is 11.3 Å². The Balaban J connectivity index is 1.39. The molecule has 2 N–H and O–H groups in total. The van der Waals surface area contributed by atoms with Crippen LogP contribution in [0.5, 0.6) is 0 Å². The van der Waals surface area contributed by atoms with E-state index in [0.29, 0.717) is 53.0 Å². The van der Waals surface area contributed by atoms with Crippen molar-refractivity contribution in [2.45, 2.75) is 60.4 Å². The predicted molar refractivity (Wildman–Crippen MR) is 178 cm³/mol. The highest BCUT2D eigenvalue weighted by Crippen LogP contribution is 2.38. The summed E-state index contributed by atoms with van der Waals surface area (Å²) in [7, 11) is -6.19. The molecule has 3 atom stereocenters. The van der Waals surface area contributed by atoms with Gasteiger partial charge in [0.05, 0.1) is 9.72 Å². The average molecular weight is 821 g/mol. The van der Waals surface area contributed by atoms with E-state index < -0.39 is 37.3 Å². The number of carbonyl (C=O) groups is 1. The van der Waals surface area contributed by atoms with Crippen molar-refractivity contribution in [3.63, 3.8) is 0 Å². The van der Waals surface area contributed by atoms with E-state index >= 15 is 0 Å². The van der Waals surface area contributed by atoms with Crippen LogP contribution in [0, 0.1) is 11.8 Å². The lowest BCUT2D eigenvalue weighted by molar-refractivity contribution is -0.139. The normalized spacial score (nSPS) is 21.4. The van der Waals surface area contributed by atoms with Crippen molar-refractivity contribution in [3.8, 4) is 0 Å². The molecule has 0 amide bonds. The first-order valence-electron chi connectivity index (χ1n) is 14.4. The van der Waals surface area contributed by atoms with E-state index in [1.807, 2.05) is 11.0 Å². The van der Waals surface area contributed by atoms with Crippen molar-refractivity contribution in [3.05, 3.63) is 37.7 Å². The summed E-state index contributed by atoms with van der Waals surface area (Å²) in [4.78, 5) is 18.2. The molecule has 2 fully saturated rings. The number of nitrogens with zero attached hydrogens (tertiary/aromatic N) is 3. The first kappa shape index (κ1) is 36.0. The minimum atomic E-state index is -4.02. The SMILES string of the molecule is COCCC(NS(=O)(=O)C1CN(c2ncccc2Br)CCC1CCCC1CCN(S(=O)(=O)c2cc(Br)c(Cl)s2)CC1)C(=O)O. The summed E-state index contributed by atoms with van der Waals surface area (Å²) in [6.07, 6.45) is 6.07. The van der Waals surface area contributed by atoms with Gasteiger partial charge in [0, 0.05) is 50.6 Å². The fourth-order valence-electron chi connectivity index (χ4n) is 5.89. The third kappa shape index (κ3) is 8.94. The highest BCUT2D eigenvalue weighted by Gasteiger charge is 2.41. The molecule has 0 saturated carbocycles. The second-order valence-corrected chi connectivity index (χ2v) is 18.6. The van der Waals surface area contributed by atoms with E-state index in [0.717, 1.165) is 41.5 Å². The molecule has 0 aromatic carbocycles. The highest BCUT2D eigenvalue weighted by atomic mass is 79.9. The van der Waals surface area contributed by atoms with Gasteiger partial charge in [-0.25, -0.2) is 26.5 Å². The zero-order valence-electron chi connectivity index (χ0n) is 24.2. The number of piperidine rings is 2. The molecule has 11 nitrogen and oxygen atoms in total. The van der Waals surface area contributed by atoms with Crippen molar-refractivity contribution in [1.82, 2.24) is 14.0 Å². The number of hydrogen-bond acceptors (Lipinski definition) is 9. The number of aromatic nitrogens is 1. The van der Waals surface area contributed by atoms with Gasteiger partial charge in [-0.05, 0) is 94.0 Å². The number of aliphatic carboxylic acids is 1. The van der Waals surface area contributed by atoms with E-state index in [9.17, 15) is 26.7 Å². The molecule has 17 heteroatoms. The molecule has 4 rings (SSSR count). The number of sulfonamides is 2. The van der Waals surface area contributed by atoms with Crippen LogP contribution in [0.25, 0.3) is 0 Å². The van der Waals surface area contributed by atoms with Crippen LogP contribution in [0.3, 0.4) is 0 Å². The molecule has 0 radical (unpaired) electrons. The zero-order valence-corrected chi connectivity index (χ0v) is 30.6. The number of hydrogen-bond donors (Lipinski definition) is 2. The van der Waals surface area contributed by atoms with Gasteiger partial charge in [-0.3, -0.25) is 4.79 Å². The summed E-state index contributed by atoms with van der Waals surface area (Å²) in [6, 6.07) is 3.90. The number of anilines is 1. The molecule has 2 aromatic rings. The van der Waals surface area contributed by atoms with Crippen molar-refractivity contribution >= 4 is 86.6 Å². The minimum Gasteiger partial charge on any atom is -0.480 e. The van der Waals surface area contributed by atoms with Crippen LogP contribution in [0.2, 0.25) is 4.34 Å². The van der Waals surface area contributed by atoms with Gasteiger partial charge < -0.3 is 14.7 Å². The summed E-state index contributed by atoms with van der Waals surface area (Å²) in [6.45, 7) is 1.77. The van der Waals surface area contributed by atoms with Crippen LogP contribution >= 0.6 is 54.8 Å². The smallest absolute Gasteiger partial charge is 0.321 e. The highest BCUT2D eigenvalue weighted by molar-refractivity contribution is 9.11. The Kier molecular flexibility index (Phi) is 12.9. The number of rotatable bonds is 14. The van der Waals surface area contributed by atoms with Gasteiger partial charge in [0.1, 0.15) is 20.4 Å². The first-order valence-corrected chi connectivity index (χ1v) is 20.1. The van der Waals surface area contributed by atoms with Crippen LogP contribution in [0.4, 0.5) is 5.82 Å². The molecule has 246 valence electrons. The monoisotopic (exact) mass is 818 g/mol. The Labute approximate surface area is 285 Å². The molecule has 2 aromatic heterocycles. The lowest BCUT2D eigenvalue weighted by Crippen LogP contribution is -2.54. The minimum absolute atomic E-state index is 0.0170. The second-order valence-electron chi connectivity index (χ2n) is 11.1. The van der Waals surface area contributed by atoms with E-state index in [1.165, 1.54) is 11.4 Å². The number of pyridine rings is 1. The molecular weight excluding hydrogens is 784 g/mol. The van der Waals surface area contributed by atoms with Crippen molar-refractivity contribution in [1.29, 1.82) is 0 Å². The molecule has 44 heavy (non-hydrogen) atoms. The largest absolute Gasteiger partial charge is 0.480 e.